The topological polar surface area (TPSA) is 118 Å². The van der Waals surface area contributed by atoms with Crippen LogP contribution in [0.4, 0.5) is 92.2 Å². The van der Waals surface area contributed by atoms with E-state index in [1.807, 2.05) is 0 Å². The summed E-state index contributed by atoms with van der Waals surface area (Å²) in [5.41, 5.74) is -14.1. The van der Waals surface area contributed by atoms with Crippen molar-refractivity contribution in [3.63, 3.8) is 0 Å². The average molecular weight is 1090 g/mol. The predicted octanol–water partition coefficient (Wildman–Crippen LogP) is 9.28. The Bertz CT molecular complexity index is 2520. The van der Waals surface area contributed by atoms with Crippen LogP contribution in [-0.4, -0.2) is 62.8 Å². The highest BCUT2D eigenvalue weighted by molar-refractivity contribution is 9.10. The van der Waals surface area contributed by atoms with Gasteiger partial charge in [0.2, 0.25) is 0 Å². The van der Waals surface area contributed by atoms with Gasteiger partial charge in [-0.05, 0) is 40.2 Å². The van der Waals surface area contributed by atoms with Crippen molar-refractivity contribution in [2.45, 2.75) is 18.5 Å². The lowest BCUT2D eigenvalue weighted by Crippen LogP contribution is -2.37. The van der Waals surface area contributed by atoms with Crippen LogP contribution in [0.1, 0.15) is 16.7 Å². The Morgan fingerprint density at radius 1 is 0.362 bits per heavy atom. The summed E-state index contributed by atoms with van der Waals surface area (Å²) in [5, 5.41) is 36.3. The van der Waals surface area contributed by atoms with Crippen LogP contribution in [0.2, 0.25) is 0 Å². The maximum absolute atomic E-state index is 14.6. The third-order valence-electron chi connectivity index (χ3n) is 8.79. The number of methoxy groups -OCH3 is 4. The molecule has 5 aromatic rings. The molecule has 0 atom stereocenters. The van der Waals surface area contributed by atoms with Crippen molar-refractivity contribution in [1.82, 2.24) is 0 Å². The van der Waals surface area contributed by atoms with E-state index in [2.05, 4.69) is 15.9 Å². The maximum Gasteiger partial charge on any atom is 0.492 e. The second-order valence-electron chi connectivity index (χ2n) is 12.8. The number of alkyl halides is 9. The molecule has 0 amide bonds. The predicted molar refractivity (Wildman–Crippen MR) is 198 cm³/mol. The van der Waals surface area contributed by atoms with E-state index in [0.717, 1.165) is 0 Å². The summed E-state index contributed by atoms with van der Waals surface area (Å²) in [6.07, 6.45) is -17.3. The van der Waals surface area contributed by atoms with Gasteiger partial charge in [0.15, 0.2) is 69.8 Å². The van der Waals surface area contributed by atoms with Crippen molar-refractivity contribution in [2.75, 3.05) is 28.4 Å². The van der Waals surface area contributed by atoms with E-state index in [0.29, 0.717) is 26.4 Å². The fourth-order valence-electron chi connectivity index (χ4n) is 5.72. The molecule has 0 radical (unpaired) electrons. The van der Waals surface area contributed by atoms with Crippen LogP contribution >= 0.6 is 15.9 Å². The second kappa shape index (κ2) is 21.5. The molecule has 4 N–H and O–H groups in total. The Balaban J connectivity index is 0.000000332. The maximum atomic E-state index is 14.6. The molecule has 0 aliphatic heterocycles. The van der Waals surface area contributed by atoms with E-state index in [9.17, 15) is 92.2 Å². The van der Waals surface area contributed by atoms with Crippen LogP contribution in [0.3, 0.4) is 0 Å². The SMILES string of the molecule is COc1cc(-c2c(F)c(F)c(C(F)(F)F)c(F)c2F)c(OC)cc1-c1c(F)c(F)c(C(F)(F)F)c(F)c1F.COc1cc(B(O)O)c(OC)cc1B(O)O.Fc1c(F)c(C(F)(F)F)c(F)c(F)c1Br. The molecule has 0 bridgehead atoms. The highest BCUT2D eigenvalue weighted by Crippen LogP contribution is 2.48. The molecule has 5 aromatic carbocycles. The van der Waals surface area contributed by atoms with Crippen molar-refractivity contribution in [3.05, 3.63) is 115 Å². The zero-order chi connectivity index (χ0) is 53.3. The van der Waals surface area contributed by atoms with E-state index < -0.39 is 157 Å². The van der Waals surface area contributed by atoms with Gasteiger partial charge in [-0.15, -0.1) is 0 Å². The molecular weight excluding hydrogens is 1070 g/mol. The van der Waals surface area contributed by atoms with Crippen molar-refractivity contribution in [3.8, 4) is 45.3 Å². The average Bonchev–Trinajstić information content (AvgIpc) is 3.25. The number of benzene rings is 5. The minimum absolute atomic E-state index is 0.0868. The summed E-state index contributed by atoms with van der Waals surface area (Å²) in [7, 11) is 0.579. The van der Waals surface area contributed by atoms with Crippen LogP contribution in [-0.2, 0) is 18.5 Å². The van der Waals surface area contributed by atoms with Crippen molar-refractivity contribution in [1.29, 1.82) is 0 Å². The molecule has 0 aliphatic rings. The Morgan fingerprint density at radius 2 is 0.580 bits per heavy atom. The molecule has 376 valence electrons. The molecule has 32 heteroatoms. The van der Waals surface area contributed by atoms with E-state index >= 15 is 0 Å². The van der Waals surface area contributed by atoms with Crippen molar-refractivity contribution >= 4 is 41.1 Å². The van der Waals surface area contributed by atoms with Gasteiger partial charge in [-0.2, -0.15) is 39.5 Å². The summed E-state index contributed by atoms with van der Waals surface area (Å²) < 4.78 is 297. The third kappa shape index (κ3) is 11.5. The number of hydrogen-bond donors (Lipinski definition) is 4. The molecule has 69 heavy (non-hydrogen) atoms. The first-order valence-corrected chi connectivity index (χ1v) is 18.1. The van der Waals surface area contributed by atoms with Gasteiger partial charge in [0.1, 0.15) is 39.7 Å². The van der Waals surface area contributed by atoms with Gasteiger partial charge in [-0.1, -0.05) is 0 Å². The zero-order valence-electron chi connectivity index (χ0n) is 33.7. The van der Waals surface area contributed by atoms with Gasteiger partial charge in [-0.25, -0.2) is 52.7 Å². The van der Waals surface area contributed by atoms with Crippen LogP contribution < -0.4 is 29.9 Å². The van der Waals surface area contributed by atoms with Crippen molar-refractivity contribution < 1.29 is 131 Å². The van der Waals surface area contributed by atoms with Gasteiger partial charge in [0, 0.05) is 22.1 Å². The Kier molecular flexibility index (Phi) is 18.0. The summed E-state index contributed by atoms with van der Waals surface area (Å²) in [5.74, 6) is -32.8. The highest BCUT2D eigenvalue weighted by atomic mass is 79.9. The van der Waals surface area contributed by atoms with Gasteiger partial charge < -0.3 is 39.0 Å². The fraction of sp³-hybridized carbons (Fsp3) is 0.189. The first-order chi connectivity index (χ1) is 31.6. The molecule has 0 spiro atoms. The molecule has 0 aliphatic carbocycles. The summed E-state index contributed by atoms with van der Waals surface area (Å²) in [6, 6.07) is 3.15. The first-order valence-electron chi connectivity index (χ1n) is 17.3. The van der Waals surface area contributed by atoms with Gasteiger partial charge >= 0.3 is 32.8 Å². The summed E-state index contributed by atoms with van der Waals surface area (Å²) in [4.78, 5) is 0. The Morgan fingerprint density at radius 3 is 0.768 bits per heavy atom. The monoisotopic (exact) mass is 1090 g/mol. The lowest BCUT2D eigenvalue weighted by Gasteiger charge is -2.19. The summed E-state index contributed by atoms with van der Waals surface area (Å²) >= 11 is 2.08. The molecule has 0 unspecified atom stereocenters. The van der Waals surface area contributed by atoms with Gasteiger partial charge in [0.05, 0.1) is 44.0 Å². The minimum atomic E-state index is -5.88. The normalized spacial score (nSPS) is 11.6. The van der Waals surface area contributed by atoms with Crippen LogP contribution in [0.15, 0.2) is 28.7 Å². The van der Waals surface area contributed by atoms with E-state index in [4.69, 9.17) is 39.0 Å². The quantitative estimate of drug-likeness (QED) is 0.0527. The minimum Gasteiger partial charge on any atom is -0.497 e. The lowest BCUT2D eigenvalue weighted by atomic mass is 9.73. The highest BCUT2D eigenvalue weighted by Gasteiger charge is 2.45. The molecule has 5 rings (SSSR count). The molecule has 0 heterocycles. The molecule has 0 fully saturated rings. The number of rotatable bonds is 8. The van der Waals surface area contributed by atoms with Crippen molar-refractivity contribution in [2.24, 2.45) is 0 Å². The standard InChI is InChI=1S/C22H8F14O2.C8H12B2O6.C7BrF7/c1-37-7-3-6(10-15(25)19(29)12(22(34,35)36)20(30)16(10)26)8(38-2)4-5(7)9-13(23)17(27)11(21(31,32)33)18(28)14(9)24;1-15-7-3-6(10(13)14)8(16-2)4-5(7)9(11)12;8-2-5(11)3(9)1(7(13,14)15)4(10)6(2)12/h3-4H,1-2H3;3-4,11-14H,1-2H3;. The first kappa shape index (κ1) is 57.6. The smallest absolute Gasteiger partial charge is 0.492 e. The molecule has 0 saturated carbocycles. The number of hydrogen-bond acceptors (Lipinski definition) is 8. The summed E-state index contributed by atoms with van der Waals surface area (Å²) in [6.45, 7) is 0. The van der Waals surface area contributed by atoms with Crippen LogP contribution in [0.5, 0.6) is 23.0 Å². The van der Waals surface area contributed by atoms with Crippen LogP contribution in [0.25, 0.3) is 22.3 Å². The van der Waals surface area contributed by atoms with E-state index in [-0.39, 0.29) is 22.4 Å². The second-order valence-corrected chi connectivity index (χ2v) is 13.6. The lowest BCUT2D eigenvalue weighted by molar-refractivity contribution is -0.144. The molecule has 0 saturated heterocycles. The van der Waals surface area contributed by atoms with E-state index in [1.165, 1.54) is 26.4 Å². The Labute approximate surface area is 379 Å². The number of halogens is 22. The van der Waals surface area contributed by atoms with E-state index in [1.54, 1.807) is 0 Å². The zero-order valence-corrected chi connectivity index (χ0v) is 35.3. The fourth-order valence-corrected chi connectivity index (χ4v) is 6.07. The van der Waals surface area contributed by atoms with Crippen LogP contribution in [0, 0.1) is 69.8 Å². The molecule has 8 nitrogen and oxygen atoms in total. The molecule has 0 aromatic heterocycles. The third-order valence-corrected chi connectivity index (χ3v) is 9.48. The van der Waals surface area contributed by atoms with Gasteiger partial charge in [0.25, 0.3) is 0 Å². The Hall–Kier alpha value is -5.72. The molecular formula is C37H20B2BrF21O8. The largest absolute Gasteiger partial charge is 0.497 e. The number of ether oxygens (including phenoxy) is 4. The van der Waals surface area contributed by atoms with Gasteiger partial charge in [-0.3, -0.25) is 0 Å².